The van der Waals surface area contributed by atoms with Crippen molar-refractivity contribution in [3.05, 3.63) is 0 Å². The van der Waals surface area contributed by atoms with Gasteiger partial charge in [-0.2, -0.15) is 0 Å². The summed E-state index contributed by atoms with van der Waals surface area (Å²) < 4.78 is 0. The predicted molar refractivity (Wildman–Crippen MR) is 68.0 cm³/mol. The Bertz CT molecular complexity index is 360. The highest BCUT2D eigenvalue weighted by Gasteiger charge is 2.61. The van der Waals surface area contributed by atoms with Gasteiger partial charge in [0.2, 0.25) is 0 Å². The van der Waals surface area contributed by atoms with Gasteiger partial charge in [0.25, 0.3) is 0 Å². The van der Waals surface area contributed by atoms with Crippen molar-refractivity contribution in [3.8, 4) is 0 Å². The van der Waals surface area contributed by atoms with E-state index in [2.05, 4.69) is 0 Å². The van der Waals surface area contributed by atoms with E-state index in [4.69, 9.17) is 0 Å². The van der Waals surface area contributed by atoms with E-state index in [-0.39, 0.29) is 22.9 Å². The van der Waals surface area contributed by atoms with E-state index in [9.17, 15) is 15.0 Å². The number of carbonyl (C=O) groups is 1. The van der Waals surface area contributed by atoms with Crippen LogP contribution in [0.5, 0.6) is 0 Å². The zero-order valence-electron chi connectivity index (χ0n) is 11.4. The lowest BCUT2D eigenvalue weighted by Crippen LogP contribution is -2.58. The van der Waals surface area contributed by atoms with E-state index in [0.29, 0.717) is 11.8 Å². The summed E-state index contributed by atoms with van der Waals surface area (Å²) in [7, 11) is 0. The van der Waals surface area contributed by atoms with Gasteiger partial charge < -0.3 is 10.2 Å². The molecule has 3 nitrogen and oxygen atoms in total. The van der Waals surface area contributed by atoms with Crippen molar-refractivity contribution in [1.29, 1.82) is 0 Å². The first kappa shape index (κ1) is 12.5. The molecule has 4 rings (SSSR count). The number of hydrogen-bond acceptors (Lipinski definition) is 2. The number of hydrogen-bond donors (Lipinski definition) is 2. The van der Waals surface area contributed by atoms with Crippen LogP contribution >= 0.6 is 0 Å². The highest BCUT2D eigenvalue weighted by Crippen LogP contribution is 2.68. The van der Waals surface area contributed by atoms with Crippen molar-refractivity contribution < 1.29 is 15.0 Å². The largest absolute Gasteiger partial charge is 0.481 e. The van der Waals surface area contributed by atoms with E-state index >= 15 is 0 Å². The SMILES string of the molecule is CC(O)C12CC3CC(C1)CC(C(C)C(=O)O)(C3)C2. The van der Waals surface area contributed by atoms with Crippen molar-refractivity contribution in [3.63, 3.8) is 0 Å². The molecule has 0 aromatic carbocycles. The number of carboxylic acids is 1. The molecule has 102 valence electrons. The van der Waals surface area contributed by atoms with Gasteiger partial charge >= 0.3 is 5.97 Å². The van der Waals surface area contributed by atoms with Gasteiger partial charge in [0.1, 0.15) is 0 Å². The Morgan fingerprint density at radius 3 is 2.06 bits per heavy atom. The molecule has 0 heterocycles. The quantitative estimate of drug-likeness (QED) is 0.812. The Labute approximate surface area is 109 Å². The third-order valence-electron chi connectivity index (χ3n) is 6.33. The normalized spacial score (nSPS) is 49.1. The molecule has 18 heavy (non-hydrogen) atoms. The Hall–Kier alpha value is -0.570. The van der Waals surface area contributed by atoms with Crippen LogP contribution in [0.3, 0.4) is 0 Å². The molecular weight excluding hydrogens is 228 g/mol. The van der Waals surface area contributed by atoms with Crippen LogP contribution in [0.4, 0.5) is 0 Å². The maximum atomic E-state index is 11.4. The molecule has 4 aliphatic carbocycles. The molecule has 0 aromatic heterocycles. The Morgan fingerprint density at radius 1 is 1.11 bits per heavy atom. The van der Waals surface area contributed by atoms with E-state index in [1.165, 1.54) is 6.42 Å². The molecule has 4 saturated carbocycles. The summed E-state index contributed by atoms with van der Waals surface area (Å²) in [5.41, 5.74) is -0.0132. The summed E-state index contributed by atoms with van der Waals surface area (Å²) in [5.74, 6) is 0.393. The summed E-state index contributed by atoms with van der Waals surface area (Å²) in [6.45, 7) is 3.79. The summed E-state index contributed by atoms with van der Waals surface area (Å²) in [6, 6.07) is 0. The number of carboxylic acid groups (broad SMARTS) is 1. The molecule has 4 fully saturated rings. The molecule has 0 saturated heterocycles. The molecular formula is C15H24O3. The van der Waals surface area contributed by atoms with E-state index in [0.717, 1.165) is 32.1 Å². The molecule has 0 aliphatic heterocycles. The molecule has 0 aromatic rings. The average molecular weight is 252 g/mol. The van der Waals surface area contributed by atoms with Crippen molar-refractivity contribution in [1.82, 2.24) is 0 Å². The van der Waals surface area contributed by atoms with Gasteiger partial charge in [-0.3, -0.25) is 4.79 Å². The number of aliphatic carboxylic acids is 1. The van der Waals surface area contributed by atoms with Gasteiger partial charge in [0, 0.05) is 0 Å². The lowest BCUT2D eigenvalue weighted by molar-refractivity contribution is -0.183. The predicted octanol–water partition coefficient (Wildman–Crippen LogP) is 2.67. The van der Waals surface area contributed by atoms with Crippen LogP contribution in [0.15, 0.2) is 0 Å². The fourth-order valence-electron chi connectivity index (χ4n) is 5.66. The average Bonchev–Trinajstić information content (AvgIpc) is 2.25. The first-order valence-corrected chi connectivity index (χ1v) is 7.28. The van der Waals surface area contributed by atoms with E-state index in [1.54, 1.807) is 0 Å². The van der Waals surface area contributed by atoms with Gasteiger partial charge in [-0.1, -0.05) is 6.92 Å². The van der Waals surface area contributed by atoms with Gasteiger partial charge in [0.15, 0.2) is 0 Å². The van der Waals surface area contributed by atoms with Crippen molar-refractivity contribution >= 4 is 5.97 Å². The minimum Gasteiger partial charge on any atom is -0.481 e. The molecule has 0 spiro atoms. The Morgan fingerprint density at radius 2 is 1.61 bits per heavy atom. The van der Waals surface area contributed by atoms with Gasteiger partial charge in [-0.05, 0) is 68.1 Å². The van der Waals surface area contributed by atoms with Gasteiger partial charge in [0.05, 0.1) is 12.0 Å². The van der Waals surface area contributed by atoms with Crippen LogP contribution < -0.4 is 0 Å². The fourth-order valence-corrected chi connectivity index (χ4v) is 5.66. The van der Waals surface area contributed by atoms with Crippen LogP contribution in [0.2, 0.25) is 0 Å². The lowest BCUT2D eigenvalue weighted by Gasteiger charge is -2.64. The highest BCUT2D eigenvalue weighted by atomic mass is 16.4. The Kier molecular flexibility index (Phi) is 2.58. The lowest BCUT2D eigenvalue weighted by atomic mass is 9.41. The molecule has 0 radical (unpaired) electrons. The first-order chi connectivity index (χ1) is 8.37. The number of aliphatic hydroxyl groups excluding tert-OH is 1. The van der Waals surface area contributed by atoms with E-state index < -0.39 is 5.97 Å². The number of aliphatic hydroxyl groups is 1. The second-order valence-electron chi connectivity index (χ2n) is 7.42. The van der Waals surface area contributed by atoms with Crippen molar-refractivity contribution in [2.45, 2.75) is 58.5 Å². The maximum Gasteiger partial charge on any atom is 0.306 e. The number of rotatable bonds is 3. The summed E-state index contributed by atoms with van der Waals surface area (Å²) in [6.07, 6.45) is 6.30. The maximum absolute atomic E-state index is 11.4. The standard InChI is InChI=1S/C15H24O3/c1-9(13(17)18)14-4-11-3-12(5-14)7-15(6-11,8-14)10(2)16/h9-12,16H,3-8H2,1-2H3,(H,17,18). The fraction of sp³-hybridized carbons (Fsp3) is 0.933. The first-order valence-electron chi connectivity index (χ1n) is 7.28. The molecule has 4 aliphatic rings. The molecule has 0 amide bonds. The van der Waals surface area contributed by atoms with Crippen LogP contribution in [0, 0.1) is 28.6 Å². The molecule has 4 bridgehead atoms. The Balaban J connectivity index is 1.96. The molecule has 2 N–H and O–H groups in total. The third-order valence-corrected chi connectivity index (χ3v) is 6.33. The molecule has 3 heteroatoms. The van der Waals surface area contributed by atoms with Crippen LogP contribution in [0.25, 0.3) is 0 Å². The van der Waals surface area contributed by atoms with Crippen molar-refractivity contribution in [2.75, 3.05) is 0 Å². The molecule has 4 unspecified atom stereocenters. The van der Waals surface area contributed by atoms with Gasteiger partial charge in [-0.15, -0.1) is 0 Å². The zero-order valence-corrected chi connectivity index (χ0v) is 11.4. The monoisotopic (exact) mass is 252 g/mol. The third kappa shape index (κ3) is 1.56. The van der Waals surface area contributed by atoms with E-state index in [1.807, 2.05) is 13.8 Å². The molecule has 4 atom stereocenters. The van der Waals surface area contributed by atoms with Gasteiger partial charge in [-0.25, -0.2) is 0 Å². The summed E-state index contributed by atoms with van der Waals surface area (Å²) >= 11 is 0. The van der Waals surface area contributed by atoms with Crippen LogP contribution in [0.1, 0.15) is 52.4 Å². The smallest absolute Gasteiger partial charge is 0.306 e. The van der Waals surface area contributed by atoms with Crippen molar-refractivity contribution in [2.24, 2.45) is 28.6 Å². The summed E-state index contributed by atoms with van der Waals surface area (Å²) in [5, 5.41) is 19.6. The zero-order chi connectivity index (χ0) is 13.1. The second kappa shape index (κ2) is 3.72. The topological polar surface area (TPSA) is 57.5 Å². The highest BCUT2D eigenvalue weighted by molar-refractivity contribution is 5.70. The minimum atomic E-state index is -0.655. The summed E-state index contributed by atoms with van der Waals surface area (Å²) in [4.78, 5) is 11.4. The second-order valence-corrected chi connectivity index (χ2v) is 7.42. The minimum absolute atomic E-state index is 0.0216. The van der Waals surface area contributed by atoms with Crippen LogP contribution in [-0.4, -0.2) is 22.3 Å². The van der Waals surface area contributed by atoms with Crippen LogP contribution in [-0.2, 0) is 4.79 Å².